The Bertz CT molecular complexity index is 198. The quantitative estimate of drug-likeness (QED) is 0.728. The predicted molar refractivity (Wildman–Crippen MR) is 62.7 cm³/mol. The Morgan fingerprint density at radius 1 is 1.53 bits per heavy atom. The molecule has 15 heavy (non-hydrogen) atoms. The van der Waals surface area contributed by atoms with Crippen molar-refractivity contribution in [1.29, 1.82) is 0 Å². The minimum absolute atomic E-state index is 0.204. The first-order valence-corrected chi connectivity index (χ1v) is 6.16. The van der Waals surface area contributed by atoms with E-state index in [0.717, 1.165) is 19.4 Å². The molecule has 0 aromatic heterocycles. The van der Waals surface area contributed by atoms with Crippen LogP contribution in [0, 0.1) is 5.92 Å². The monoisotopic (exact) mass is 212 g/mol. The lowest BCUT2D eigenvalue weighted by Gasteiger charge is -2.21. The van der Waals surface area contributed by atoms with Gasteiger partial charge < -0.3 is 10.6 Å². The highest BCUT2D eigenvalue weighted by Gasteiger charge is 2.20. The van der Waals surface area contributed by atoms with Crippen LogP contribution in [0.1, 0.15) is 46.5 Å². The van der Waals surface area contributed by atoms with Gasteiger partial charge in [-0.1, -0.05) is 20.8 Å². The number of nitrogens with one attached hydrogen (secondary N) is 2. The summed E-state index contributed by atoms with van der Waals surface area (Å²) >= 11 is 0. The molecule has 1 aliphatic rings. The molecule has 1 heterocycles. The Labute approximate surface area is 93.0 Å². The molecule has 2 unspecified atom stereocenters. The zero-order valence-electron chi connectivity index (χ0n) is 10.2. The maximum Gasteiger partial charge on any atom is 0.221 e. The molecule has 1 aliphatic heterocycles. The van der Waals surface area contributed by atoms with Crippen LogP contribution in [0.15, 0.2) is 0 Å². The average molecular weight is 212 g/mol. The second kappa shape index (κ2) is 6.11. The predicted octanol–water partition coefficient (Wildman–Crippen LogP) is 1.68. The maximum absolute atomic E-state index is 11.7. The number of hydrogen-bond acceptors (Lipinski definition) is 2. The van der Waals surface area contributed by atoms with E-state index in [1.165, 1.54) is 6.42 Å². The van der Waals surface area contributed by atoms with Gasteiger partial charge in [0.15, 0.2) is 0 Å². The molecule has 1 fully saturated rings. The Balaban J connectivity index is 2.27. The summed E-state index contributed by atoms with van der Waals surface area (Å²) in [5.74, 6) is 0.727. The van der Waals surface area contributed by atoms with Gasteiger partial charge >= 0.3 is 0 Å². The Kier molecular flexibility index (Phi) is 5.09. The van der Waals surface area contributed by atoms with Gasteiger partial charge in [0.25, 0.3) is 0 Å². The van der Waals surface area contributed by atoms with Gasteiger partial charge in [-0.05, 0) is 31.7 Å². The molecule has 0 spiro atoms. The molecule has 0 aromatic carbocycles. The number of amides is 1. The number of rotatable bonds is 5. The third kappa shape index (κ3) is 4.20. The van der Waals surface area contributed by atoms with Crippen LogP contribution in [-0.4, -0.2) is 24.5 Å². The van der Waals surface area contributed by atoms with Crippen LogP contribution in [0.2, 0.25) is 0 Å². The van der Waals surface area contributed by atoms with Crippen LogP contribution in [0.4, 0.5) is 0 Å². The summed E-state index contributed by atoms with van der Waals surface area (Å²) in [5.41, 5.74) is 0. The van der Waals surface area contributed by atoms with Crippen molar-refractivity contribution in [3.63, 3.8) is 0 Å². The molecule has 3 nitrogen and oxygen atoms in total. The van der Waals surface area contributed by atoms with Gasteiger partial charge in [0.2, 0.25) is 5.91 Å². The minimum atomic E-state index is 0.204. The molecule has 2 atom stereocenters. The second-order valence-electron chi connectivity index (χ2n) is 4.82. The highest BCUT2D eigenvalue weighted by molar-refractivity contribution is 5.76. The molecule has 1 amide bonds. The Hall–Kier alpha value is -0.570. The molecule has 1 saturated heterocycles. The zero-order chi connectivity index (χ0) is 11.3. The van der Waals surface area contributed by atoms with E-state index in [-0.39, 0.29) is 5.91 Å². The van der Waals surface area contributed by atoms with Crippen molar-refractivity contribution in [3.8, 4) is 0 Å². The molecular weight excluding hydrogens is 188 g/mol. The minimum Gasteiger partial charge on any atom is -0.353 e. The third-order valence-electron chi connectivity index (χ3n) is 3.19. The van der Waals surface area contributed by atoms with E-state index < -0.39 is 0 Å². The van der Waals surface area contributed by atoms with Crippen molar-refractivity contribution in [2.45, 2.75) is 58.5 Å². The molecule has 0 aliphatic carbocycles. The zero-order valence-corrected chi connectivity index (χ0v) is 10.2. The summed E-state index contributed by atoms with van der Waals surface area (Å²) in [6, 6.07) is 0.744. The lowest BCUT2D eigenvalue weighted by molar-refractivity contribution is -0.122. The Morgan fingerprint density at radius 3 is 2.73 bits per heavy atom. The van der Waals surface area contributed by atoms with Crippen molar-refractivity contribution < 1.29 is 4.79 Å². The topological polar surface area (TPSA) is 41.1 Å². The number of carbonyl (C=O) groups excluding carboxylic acids is 1. The van der Waals surface area contributed by atoms with Crippen molar-refractivity contribution in [1.82, 2.24) is 10.6 Å². The van der Waals surface area contributed by atoms with Crippen molar-refractivity contribution >= 4 is 5.91 Å². The standard InChI is InChI=1S/C12H24N2O/c1-4-11(9(2)3)14-12(15)8-10-6-5-7-13-10/h9-11,13H,4-8H2,1-3H3,(H,14,15). The van der Waals surface area contributed by atoms with Gasteiger partial charge in [-0.15, -0.1) is 0 Å². The first-order chi connectivity index (χ1) is 7.13. The van der Waals surface area contributed by atoms with Gasteiger partial charge in [-0.3, -0.25) is 4.79 Å². The van der Waals surface area contributed by atoms with E-state index in [9.17, 15) is 4.79 Å². The number of carbonyl (C=O) groups is 1. The van der Waals surface area contributed by atoms with Gasteiger partial charge in [-0.25, -0.2) is 0 Å². The molecule has 3 heteroatoms. The van der Waals surface area contributed by atoms with Crippen molar-refractivity contribution in [2.24, 2.45) is 5.92 Å². The van der Waals surface area contributed by atoms with Crippen molar-refractivity contribution in [3.05, 3.63) is 0 Å². The lowest BCUT2D eigenvalue weighted by atomic mass is 10.0. The van der Waals surface area contributed by atoms with Gasteiger partial charge in [0, 0.05) is 18.5 Å². The smallest absolute Gasteiger partial charge is 0.221 e. The van der Waals surface area contributed by atoms with Gasteiger partial charge in [-0.2, -0.15) is 0 Å². The first kappa shape index (κ1) is 12.5. The summed E-state index contributed by atoms with van der Waals surface area (Å²) < 4.78 is 0. The number of hydrogen-bond donors (Lipinski definition) is 2. The fourth-order valence-corrected chi connectivity index (χ4v) is 2.16. The summed E-state index contributed by atoms with van der Waals surface area (Å²) in [5, 5.41) is 6.46. The van der Waals surface area contributed by atoms with E-state index in [4.69, 9.17) is 0 Å². The normalized spacial score (nSPS) is 23.1. The van der Waals surface area contributed by atoms with Crippen molar-refractivity contribution in [2.75, 3.05) is 6.54 Å². The first-order valence-electron chi connectivity index (χ1n) is 6.16. The highest BCUT2D eigenvalue weighted by atomic mass is 16.1. The highest BCUT2D eigenvalue weighted by Crippen LogP contribution is 2.10. The molecule has 1 rings (SSSR count). The van der Waals surface area contributed by atoms with Crippen LogP contribution < -0.4 is 10.6 Å². The van der Waals surface area contributed by atoms with Gasteiger partial charge in [0.05, 0.1) is 0 Å². The lowest BCUT2D eigenvalue weighted by Crippen LogP contribution is -2.40. The fourth-order valence-electron chi connectivity index (χ4n) is 2.16. The molecular formula is C12H24N2O. The average Bonchev–Trinajstić information content (AvgIpc) is 2.66. The molecule has 0 saturated carbocycles. The Morgan fingerprint density at radius 2 is 2.27 bits per heavy atom. The molecule has 2 N–H and O–H groups in total. The van der Waals surface area contributed by atoms with Crippen LogP contribution in [0.25, 0.3) is 0 Å². The summed E-state index contributed by atoms with van der Waals surface area (Å²) in [6.07, 6.45) is 4.01. The van der Waals surface area contributed by atoms with E-state index in [1.807, 2.05) is 0 Å². The molecule has 0 bridgehead atoms. The molecule has 0 radical (unpaired) electrons. The summed E-state index contributed by atoms with van der Waals surface area (Å²) in [7, 11) is 0. The van der Waals surface area contributed by atoms with E-state index in [2.05, 4.69) is 31.4 Å². The third-order valence-corrected chi connectivity index (χ3v) is 3.19. The summed E-state index contributed by atoms with van der Waals surface area (Å²) in [6.45, 7) is 7.50. The van der Waals surface area contributed by atoms with E-state index in [0.29, 0.717) is 24.4 Å². The van der Waals surface area contributed by atoms with Crippen LogP contribution in [0.3, 0.4) is 0 Å². The largest absolute Gasteiger partial charge is 0.353 e. The SMILES string of the molecule is CCC(NC(=O)CC1CCCN1)C(C)C. The van der Waals surface area contributed by atoms with E-state index >= 15 is 0 Å². The summed E-state index contributed by atoms with van der Waals surface area (Å²) in [4.78, 5) is 11.7. The second-order valence-corrected chi connectivity index (χ2v) is 4.82. The van der Waals surface area contributed by atoms with Crippen LogP contribution in [0.5, 0.6) is 0 Å². The molecule has 0 aromatic rings. The van der Waals surface area contributed by atoms with Crippen LogP contribution >= 0.6 is 0 Å². The maximum atomic E-state index is 11.7. The van der Waals surface area contributed by atoms with Crippen LogP contribution in [-0.2, 0) is 4.79 Å². The van der Waals surface area contributed by atoms with E-state index in [1.54, 1.807) is 0 Å². The van der Waals surface area contributed by atoms with Gasteiger partial charge in [0.1, 0.15) is 0 Å². The molecule has 88 valence electrons. The fraction of sp³-hybridized carbons (Fsp3) is 0.917.